The SMILES string of the molecule is Cc1ccc(-c2ccc(C(C)C)cc2)cc1.Cc1ccc(-c2cccc(C(C)C)c2)cc1.Cc1ccc(-c2ccccc2C(C)C)cc1.Cc1cccc(-c2ccc(C(C)C)cc2)c1.Cc1cccc(-c2cccc(C(C)C)c2)c1.Cc1cccc(-c2ccccc2C(C)C)c1.Cc1ccccc1-c1ccc(C(C)C)cc1.Cc1ccccc1-c1cccc(C(C)C)c1.Cc1ccccc1-c1ccccc1C(C)C. The monoisotopic (exact) mass is 1890 g/mol. The van der Waals surface area contributed by atoms with Crippen LogP contribution in [-0.4, -0.2) is 0 Å². The molecule has 738 valence electrons. The normalized spacial score (nSPS) is 10.8. The van der Waals surface area contributed by atoms with E-state index >= 15 is 0 Å². The largest absolute Gasteiger partial charge is 0.0620 e. The lowest BCUT2D eigenvalue weighted by Gasteiger charge is -2.14. The van der Waals surface area contributed by atoms with Gasteiger partial charge in [0.1, 0.15) is 0 Å². The molecule has 0 saturated carbocycles. The molecular formula is C144H162. The number of aryl methyl sites for hydroxylation is 9. The first-order chi connectivity index (χ1) is 69.1. The third kappa shape index (κ3) is 34.7. The van der Waals surface area contributed by atoms with E-state index in [1.54, 1.807) is 0 Å². The van der Waals surface area contributed by atoms with E-state index in [1.165, 1.54) is 200 Å². The van der Waals surface area contributed by atoms with Crippen LogP contribution in [0.25, 0.3) is 100 Å². The lowest BCUT2D eigenvalue weighted by Crippen LogP contribution is -1.93. The molecule has 0 aliphatic rings. The average molecular weight is 1890 g/mol. The molecular weight excluding hydrogens is 1730 g/mol. The third-order valence-corrected chi connectivity index (χ3v) is 26.7. The molecule has 0 fully saturated rings. The highest BCUT2D eigenvalue weighted by molar-refractivity contribution is 5.75. The number of hydrogen-bond acceptors (Lipinski definition) is 0. The second-order valence-electron chi connectivity index (χ2n) is 41.5. The number of hydrogen-bond donors (Lipinski definition) is 0. The van der Waals surface area contributed by atoms with Crippen molar-refractivity contribution >= 4 is 0 Å². The first-order valence-corrected chi connectivity index (χ1v) is 52.6. The van der Waals surface area contributed by atoms with Crippen LogP contribution in [0.1, 0.15) is 278 Å². The number of rotatable bonds is 18. The summed E-state index contributed by atoms with van der Waals surface area (Å²) >= 11 is 0. The van der Waals surface area contributed by atoms with Crippen LogP contribution in [-0.2, 0) is 0 Å². The van der Waals surface area contributed by atoms with Crippen molar-refractivity contribution in [3.05, 3.63) is 537 Å². The van der Waals surface area contributed by atoms with Gasteiger partial charge in [-0.3, -0.25) is 0 Å². The Morgan fingerprint density at radius 3 is 0.632 bits per heavy atom. The van der Waals surface area contributed by atoms with Gasteiger partial charge in [0.2, 0.25) is 0 Å². The van der Waals surface area contributed by atoms with Gasteiger partial charge in [0.05, 0.1) is 0 Å². The van der Waals surface area contributed by atoms with Crippen molar-refractivity contribution in [1.29, 1.82) is 0 Å². The Hall–Kier alpha value is -14.0. The summed E-state index contributed by atoms with van der Waals surface area (Å²) in [6.45, 7) is 59.5. The smallest absolute Gasteiger partial charge is 0.0147 e. The molecule has 0 N–H and O–H groups in total. The molecule has 0 atom stereocenters. The zero-order valence-corrected chi connectivity index (χ0v) is 91.8. The molecule has 0 amide bonds. The van der Waals surface area contributed by atoms with E-state index in [0.29, 0.717) is 53.3 Å². The minimum Gasteiger partial charge on any atom is -0.0620 e. The minimum absolute atomic E-state index is 0.566. The molecule has 0 spiro atoms. The van der Waals surface area contributed by atoms with E-state index < -0.39 is 0 Å². The van der Waals surface area contributed by atoms with Crippen LogP contribution in [0.5, 0.6) is 0 Å². The summed E-state index contributed by atoms with van der Waals surface area (Å²) in [7, 11) is 0. The van der Waals surface area contributed by atoms with E-state index in [-0.39, 0.29) is 0 Å². The Labute approximate surface area is 871 Å². The van der Waals surface area contributed by atoms with Gasteiger partial charge in [-0.15, -0.1) is 0 Å². The summed E-state index contributed by atoms with van der Waals surface area (Å²) in [6.07, 6.45) is 0. The fraction of sp³-hybridized carbons (Fsp3) is 0.250. The average Bonchev–Trinajstić information content (AvgIpc) is 0.766. The quantitative estimate of drug-likeness (QED) is 0.0803. The van der Waals surface area contributed by atoms with Crippen LogP contribution < -0.4 is 0 Å². The van der Waals surface area contributed by atoms with Gasteiger partial charge in [0.15, 0.2) is 0 Å². The van der Waals surface area contributed by atoms with E-state index in [0.717, 1.165) is 0 Å². The summed E-state index contributed by atoms with van der Waals surface area (Å²) in [5.74, 6) is 5.27. The molecule has 0 aliphatic heterocycles. The molecule has 0 radical (unpaired) electrons. The molecule has 0 heteroatoms. The summed E-state index contributed by atoms with van der Waals surface area (Å²) in [6, 6.07) is 157. The molecule has 18 aromatic rings. The number of benzene rings is 18. The van der Waals surface area contributed by atoms with Gasteiger partial charge in [0.25, 0.3) is 0 Å². The molecule has 18 aromatic carbocycles. The highest BCUT2D eigenvalue weighted by atomic mass is 14.2. The summed E-state index contributed by atoms with van der Waals surface area (Å²) in [5.41, 5.74) is 48.4. The van der Waals surface area contributed by atoms with Crippen molar-refractivity contribution in [3.8, 4) is 100 Å². The van der Waals surface area contributed by atoms with Gasteiger partial charge >= 0.3 is 0 Å². The first kappa shape index (κ1) is 112. The van der Waals surface area contributed by atoms with Crippen molar-refractivity contribution in [2.24, 2.45) is 0 Å². The van der Waals surface area contributed by atoms with Crippen LogP contribution in [0.4, 0.5) is 0 Å². The van der Waals surface area contributed by atoms with E-state index in [1.807, 2.05) is 0 Å². The summed E-state index contributed by atoms with van der Waals surface area (Å²) < 4.78 is 0. The molecule has 144 heavy (non-hydrogen) atoms. The Bertz CT molecular complexity index is 6880. The minimum atomic E-state index is 0.566. The molecule has 18 rings (SSSR count). The molecule has 0 aromatic heterocycles. The van der Waals surface area contributed by atoms with Crippen molar-refractivity contribution < 1.29 is 0 Å². The second-order valence-corrected chi connectivity index (χ2v) is 41.5. The molecule has 0 heterocycles. The van der Waals surface area contributed by atoms with E-state index in [2.05, 4.69) is 624 Å². The van der Waals surface area contributed by atoms with Crippen LogP contribution >= 0.6 is 0 Å². The predicted molar refractivity (Wildman–Crippen MR) is 636 cm³/mol. The maximum atomic E-state index is 2.30. The van der Waals surface area contributed by atoms with Crippen molar-refractivity contribution in [2.45, 2.75) is 240 Å². The van der Waals surface area contributed by atoms with Gasteiger partial charge in [-0.2, -0.15) is 0 Å². The lowest BCUT2D eigenvalue weighted by atomic mass is 9.91. The first-order valence-electron chi connectivity index (χ1n) is 52.6. The van der Waals surface area contributed by atoms with Crippen LogP contribution in [0, 0.1) is 62.3 Å². The third-order valence-electron chi connectivity index (χ3n) is 26.7. The molecule has 0 bridgehead atoms. The van der Waals surface area contributed by atoms with Gasteiger partial charge < -0.3 is 0 Å². The molecule has 0 saturated heterocycles. The molecule has 0 unspecified atom stereocenters. The molecule has 0 nitrogen and oxygen atoms in total. The fourth-order valence-corrected chi connectivity index (χ4v) is 17.5. The zero-order valence-electron chi connectivity index (χ0n) is 91.8. The van der Waals surface area contributed by atoms with Crippen LogP contribution in [0.15, 0.2) is 437 Å². The molecule has 0 aliphatic carbocycles. The van der Waals surface area contributed by atoms with Gasteiger partial charge in [-0.25, -0.2) is 0 Å². The van der Waals surface area contributed by atoms with Crippen molar-refractivity contribution in [1.82, 2.24) is 0 Å². The van der Waals surface area contributed by atoms with Crippen molar-refractivity contribution in [2.75, 3.05) is 0 Å². The Morgan fingerprint density at radius 1 is 0.111 bits per heavy atom. The highest BCUT2D eigenvalue weighted by Gasteiger charge is 2.15. The van der Waals surface area contributed by atoms with Gasteiger partial charge in [-0.05, 0) is 282 Å². The summed E-state index contributed by atoms with van der Waals surface area (Å²) in [4.78, 5) is 0. The predicted octanol–water partition coefficient (Wildman–Crippen LogP) is 43.1. The Balaban J connectivity index is 0.000000166. The van der Waals surface area contributed by atoms with E-state index in [4.69, 9.17) is 0 Å². The maximum Gasteiger partial charge on any atom is -0.0147 e. The lowest BCUT2D eigenvalue weighted by molar-refractivity contribution is 0.867. The van der Waals surface area contributed by atoms with Gasteiger partial charge in [0, 0.05) is 0 Å². The van der Waals surface area contributed by atoms with E-state index in [9.17, 15) is 0 Å². The Kier molecular flexibility index (Phi) is 44.1. The maximum absolute atomic E-state index is 2.30. The second kappa shape index (κ2) is 56.7. The standard InChI is InChI=1S/9C16H18/c1-12(2)14-8-10-16(11-9-14)15-6-4-13(3)5-7-15;1-12(2)14-7-5-9-16(11-14)15-8-4-6-13(3)10-15;1-12(2)15-9-4-5-10-16(15)14-8-6-7-13(3)11-14;1-12(2)14-9-6-7-11-16(14)15-10-5-4-8-13(15)3;1-12(2)14-8-6-9-15(11-14)16-10-5-4-7-13(16)3;1-12(2)15-5-4-6-16(11-15)14-9-7-13(3)8-10-14;1-12(2)14-7-9-15(10-8-14)16-6-4-5-13(3)11-16;1-12(2)15-6-4-5-7-16(15)14-10-8-13(3)9-11-14;1-12(2)14-8-10-15(11-9-14)16-7-5-4-6-13(16)3/h9*4-12H,1-3H3. The zero-order chi connectivity index (χ0) is 104. The van der Waals surface area contributed by atoms with Crippen LogP contribution in [0.2, 0.25) is 0 Å². The van der Waals surface area contributed by atoms with Crippen molar-refractivity contribution in [3.63, 3.8) is 0 Å². The van der Waals surface area contributed by atoms with Gasteiger partial charge in [-0.1, -0.05) is 595 Å². The Morgan fingerprint density at radius 2 is 0.312 bits per heavy atom. The topological polar surface area (TPSA) is 0 Å². The van der Waals surface area contributed by atoms with Crippen LogP contribution in [0.3, 0.4) is 0 Å². The fourth-order valence-electron chi connectivity index (χ4n) is 17.5. The summed E-state index contributed by atoms with van der Waals surface area (Å²) in [5, 5.41) is 0. The highest BCUT2D eigenvalue weighted by Crippen LogP contribution is 2.37.